The molecule has 2 aromatic carbocycles. The standard InChI is InChI=1S/C44H46F3N11O4/c1-24(2)57-25(3)50-40-32(46)16-28(17-36(40)57)39-33(47)21-49-44(53-39)51-37-6-4-27(20-48-37)23-54-10-8-26(9-11-54)22-55-12-14-56(15-13-55)35-19-30-29(18-31(35)45)42(61)58(43(30)62)34-5-7-38(59)52-41(34)60/h4,6,16-21,24,26,34H,5,7-15,22-23H2,1-3H3,(H,52,59,60)(H,48,49,51,53)/i12D2,13D2,14D2,15D2. The summed E-state index contributed by atoms with van der Waals surface area (Å²) < 4.78 is 120. The van der Waals surface area contributed by atoms with Crippen molar-refractivity contribution < 1.29 is 43.3 Å². The lowest BCUT2D eigenvalue weighted by atomic mass is 9.95. The fourth-order valence-electron chi connectivity index (χ4n) is 8.38. The largest absolute Gasteiger partial charge is 0.367 e. The molecule has 0 spiro atoms. The Morgan fingerprint density at radius 2 is 1.60 bits per heavy atom. The molecule has 3 saturated heterocycles. The molecule has 3 fully saturated rings. The van der Waals surface area contributed by atoms with Crippen LogP contribution >= 0.6 is 0 Å². The molecule has 7 heterocycles. The fraction of sp³-hybridized carbons (Fsp3) is 0.409. The van der Waals surface area contributed by atoms with Crippen molar-refractivity contribution in [3.05, 3.63) is 88.8 Å². The molecule has 62 heavy (non-hydrogen) atoms. The molecule has 0 radical (unpaired) electrons. The number of amides is 4. The van der Waals surface area contributed by atoms with Crippen molar-refractivity contribution >= 4 is 52.1 Å². The predicted molar refractivity (Wildman–Crippen MR) is 223 cm³/mol. The van der Waals surface area contributed by atoms with Crippen LogP contribution in [0.1, 0.15) is 88.6 Å². The Kier molecular flexibility index (Phi) is 8.66. The normalized spacial score (nSPS) is 24.4. The molecule has 5 aromatic rings. The van der Waals surface area contributed by atoms with Gasteiger partial charge in [0.25, 0.3) is 11.8 Å². The van der Waals surface area contributed by atoms with Crippen LogP contribution in [0.3, 0.4) is 0 Å². The maximum atomic E-state index is 16.1. The van der Waals surface area contributed by atoms with E-state index in [1.165, 1.54) is 6.07 Å². The van der Waals surface area contributed by atoms with Gasteiger partial charge in [-0.15, -0.1) is 0 Å². The maximum Gasteiger partial charge on any atom is 0.262 e. The number of piperazine rings is 1. The van der Waals surface area contributed by atoms with Crippen molar-refractivity contribution in [3.63, 3.8) is 0 Å². The van der Waals surface area contributed by atoms with Gasteiger partial charge in [0, 0.05) is 68.8 Å². The number of piperidine rings is 2. The van der Waals surface area contributed by atoms with Crippen molar-refractivity contribution in [1.29, 1.82) is 0 Å². The van der Waals surface area contributed by atoms with Crippen LogP contribution in [0.25, 0.3) is 22.3 Å². The minimum atomic E-state index is -3.49. The zero-order valence-corrected chi connectivity index (χ0v) is 33.8. The third-order valence-corrected chi connectivity index (χ3v) is 11.4. The summed E-state index contributed by atoms with van der Waals surface area (Å²) in [5.74, 6) is -6.01. The van der Waals surface area contributed by atoms with E-state index in [4.69, 9.17) is 11.0 Å². The fourth-order valence-corrected chi connectivity index (χ4v) is 8.38. The number of rotatable bonds is 10. The molecule has 1 atom stereocenters. The highest BCUT2D eigenvalue weighted by Crippen LogP contribution is 2.34. The number of carbonyl (C=O) groups is 4. The molecule has 4 amide bonds. The van der Waals surface area contributed by atoms with Crippen LogP contribution in [0.4, 0.5) is 30.6 Å². The summed E-state index contributed by atoms with van der Waals surface area (Å²) in [6, 6.07) is 6.07. The number of nitrogens with zero attached hydrogens (tertiary/aromatic N) is 9. The number of likely N-dealkylation sites (tertiary alicyclic amines) is 1. The third-order valence-electron chi connectivity index (χ3n) is 11.4. The molecule has 1 unspecified atom stereocenters. The topological polar surface area (TPSA) is 162 Å². The SMILES string of the molecule is [2H]C1([2H])N(CC2CCN(Cc3ccc(Nc4ncc(F)c(-c5cc(F)c6nc(C)n(C(C)C)c6c5)n4)nc3)CC2)C([2H])([2H])C([2H])([2H])N(c2cc3c(cc2F)C(=O)N(C2CCC(=O)NC2=O)C3=O)C1([2H])[2H]. The van der Waals surface area contributed by atoms with Gasteiger partial charge in [-0.05, 0) is 94.9 Å². The first-order chi connectivity index (χ1) is 32.8. The molecule has 15 nitrogen and oxygen atoms in total. The molecule has 3 aromatic heterocycles. The summed E-state index contributed by atoms with van der Waals surface area (Å²) in [6.07, 6.45) is 2.99. The minimum absolute atomic E-state index is 0.00563. The van der Waals surface area contributed by atoms with Gasteiger partial charge in [-0.3, -0.25) is 39.2 Å². The number of halogens is 3. The summed E-state index contributed by atoms with van der Waals surface area (Å²) in [6.45, 7) is -7.02. The number of fused-ring (bicyclic) bond motifs is 2. The quantitative estimate of drug-likeness (QED) is 0.173. The highest BCUT2D eigenvalue weighted by atomic mass is 19.1. The summed E-state index contributed by atoms with van der Waals surface area (Å²) in [4.78, 5) is 71.4. The van der Waals surface area contributed by atoms with E-state index in [9.17, 15) is 19.2 Å². The van der Waals surface area contributed by atoms with Crippen LogP contribution in [-0.4, -0.2) is 114 Å². The Morgan fingerprint density at radius 1 is 0.855 bits per heavy atom. The molecule has 2 N–H and O–H groups in total. The Labute approximate surface area is 366 Å². The Morgan fingerprint density at radius 3 is 2.29 bits per heavy atom. The van der Waals surface area contributed by atoms with Crippen molar-refractivity contribution in [1.82, 2.24) is 44.5 Å². The summed E-state index contributed by atoms with van der Waals surface area (Å²) in [5, 5.41) is 4.99. The molecular weight excluding hydrogens is 804 g/mol. The lowest BCUT2D eigenvalue weighted by Gasteiger charge is -2.39. The van der Waals surface area contributed by atoms with E-state index in [1.54, 1.807) is 25.3 Å². The van der Waals surface area contributed by atoms with Gasteiger partial charge in [0.15, 0.2) is 11.6 Å². The monoisotopic (exact) mass is 857 g/mol. The second-order valence-corrected chi connectivity index (χ2v) is 15.9. The highest BCUT2D eigenvalue weighted by molar-refractivity contribution is 6.23. The van der Waals surface area contributed by atoms with Gasteiger partial charge in [-0.25, -0.2) is 33.1 Å². The Balaban J connectivity index is 0.852. The number of aryl methyl sites for hydroxylation is 1. The maximum absolute atomic E-state index is 16.1. The van der Waals surface area contributed by atoms with Gasteiger partial charge in [0.05, 0.1) is 34.0 Å². The van der Waals surface area contributed by atoms with E-state index < -0.39 is 102 Å². The van der Waals surface area contributed by atoms with Crippen LogP contribution < -0.4 is 15.5 Å². The summed E-state index contributed by atoms with van der Waals surface area (Å²) in [5.41, 5.74) is -0.520. The molecule has 18 heteroatoms. The van der Waals surface area contributed by atoms with Crippen LogP contribution in [0.2, 0.25) is 0 Å². The van der Waals surface area contributed by atoms with Gasteiger partial charge in [-0.2, -0.15) is 0 Å². The number of hydrogen-bond donors (Lipinski definition) is 2. The smallest absolute Gasteiger partial charge is 0.262 e. The zero-order valence-electron chi connectivity index (χ0n) is 41.8. The number of aromatic nitrogens is 5. The number of carbonyl (C=O) groups excluding carboxylic acids is 4. The molecule has 322 valence electrons. The summed E-state index contributed by atoms with van der Waals surface area (Å²) in [7, 11) is 0. The summed E-state index contributed by atoms with van der Waals surface area (Å²) >= 11 is 0. The predicted octanol–water partition coefficient (Wildman–Crippen LogP) is 5.37. The van der Waals surface area contributed by atoms with Crippen molar-refractivity contribution in [3.8, 4) is 11.3 Å². The molecule has 9 rings (SSSR count). The molecule has 4 aliphatic heterocycles. The molecular formula is C44H46F3N11O4. The van der Waals surface area contributed by atoms with Crippen LogP contribution in [0, 0.1) is 30.3 Å². The second-order valence-electron chi connectivity index (χ2n) is 15.9. The van der Waals surface area contributed by atoms with Crippen LogP contribution in [-0.2, 0) is 16.1 Å². The lowest BCUT2D eigenvalue weighted by molar-refractivity contribution is -0.136. The molecule has 0 aliphatic carbocycles. The Hall–Kier alpha value is -6.27. The van der Waals surface area contributed by atoms with Crippen molar-refractivity contribution in [2.24, 2.45) is 5.92 Å². The first-order valence-corrected chi connectivity index (χ1v) is 20.1. The van der Waals surface area contributed by atoms with E-state index in [-0.39, 0.29) is 46.5 Å². The number of hydrogen-bond acceptors (Lipinski definition) is 12. The average Bonchev–Trinajstić information content (AvgIpc) is 3.75. The van der Waals surface area contributed by atoms with E-state index in [1.807, 2.05) is 29.8 Å². The van der Waals surface area contributed by atoms with Crippen molar-refractivity contribution in [2.45, 2.75) is 65.1 Å². The number of imide groups is 2. The first kappa shape index (κ1) is 32.4. The number of imidazole rings is 1. The van der Waals surface area contributed by atoms with Crippen molar-refractivity contribution in [2.75, 3.05) is 55.8 Å². The van der Waals surface area contributed by atoms with E-state index in [0.717, 1.165) is 11.8 Å². The Bertz CT molecular complexity index is 2960. The van der Waals surface area contributed by atoms with E-state index in [2.05, 4.69) is 30.2 Å². The molecule has 4 aliphatic rings. The molecule has 0 bridgehead atoms. The van der Waals surface area contributed by atoms with Gasteiger partial charge in [0.2, 0.25) is 17.8 Å². The van der Waals surface area contributed by atoms with Gasteiger partial charge in [0.1, 0.15) is 34.7 Å². The van der Waals surface area contributed by atoms with E-state index >= 15 is 13.2 Å². The number of anilines is 3. The van der Waals surface area contributed by atoms with Crippen LogP contribution in [0.15, 0.2) is 48.8 Å². The zero-order chi connectivity index (χ0) is 50.6. The highest BCUT2D eigenvalue weighted by Gasteiger charge is 2.45. The van der Waals surface area contributed by atoms with Gasteiger partial charge < -0.3 is 14.8 Å². The van der Waals surface area contributed by atoms with Gasteiger partial charge in [-0.1, -0.05) is 6.07 Å². The minimum Gasteiger partial charge on any atom is -0.367 e. The number of pyridine rings is 1. The number of benzene rings is 2. The second kappa shape index (κ2) is 16.5. The van der Waals surface area contributed by atoms with E-state index in [0.29, 0.717) is 71.6 Å². The third kappa shape index (κ3) is 7.88. The molecule has 0 saturated carbocycles. The van der Waals surface area contributed by atoms with Gasteiger partial charge >= 0.3 is 0 Å². The number of nitrogens with one attached hydrogen (secondary N) is 2. The van der Waals surface area contributed by atoms with Crippen LogP contribution in [0.5, 0.6) is 0 Å². The first-order valence-electron chi connectivity index (χ1n) is 24.1. The lowest BCUT2D eigenvalue weighted by Crippen LogP contribution is -2.54. The average molecular weight is 858 g/mol.